The number of carbonyl (C=O) groups excluding carboxylic acids is 1. The summed E-state index contributed by atoms with van der Waals surface area (Å²) >= 11 is 0. The number of halogens is 2. The number of carbonyl (C=O) groups is 1. The summed E-state index contributed by atoms with van der Waals surface area (Å²) < 4.78 is 62.3. The fourth-order valence-electron chi connectivity index (χ4n) is 1.93. The van der Waals surface area contributed by atoms with Crippen LogP contribution < -0.4 is 14.2 Å². The van der Waals surface area contributed by atoms with Crippen LogP contribution in [-0.2, 0) is 10.0 Å². The molecule has 0 fully saturated rings. The SMILES string of the molecule is CCOc1cccc(Oc2cc(F)c(C(=O)NS(C)(=O)=O)cc2F)c1. The predicted octanol–water partition coefficient (Wildman–Crippen LogP) is 2.85. The number of amides is 1. The third-order valence-corrected chi connectivity index (χ3v) is 3.44. The number of sulfonamides is 1. The molecule has 2 aromatic carbocycles. The summed E-state index contributed by atoms with van der Waals surface area (Å²) in [5.41, 5.74) is -0.752. The van der Waals surface area contributed by atoms with E-state index in [1.807, 2.05) is 0 Å². The molecule has 134 valence electrons. The smallest absolute Gasteiger partial charge is 0.267 e. The lowest BCUT2D eigenvalue weighted by Crippen LogP contribution is -2.30. The van der Waals surface area contributed by atoms with Gasteiger partial charge in [-0.3, -0.25) is 4.79 Å². The standard InChI is InChI=1S/C16H15F2NO5S/c1-3-23-10-5-4-6-11(7-10)24-15-9-13(17)12(8-14(15)18)16(20)19-25(2,21)22/h4-9H,3H2,1-2H3,(H,19,20). The maximum atomic E-state index is 14.1. The molecule has 1 N–H and O–H groups in total. The Morgan fingerprint density at radius 1 is 1.12 bits per heavy atom. The molecule has 0 heterocycles. The van der Waals surface area contributed by atoms with Crippen molar-refractivity contribution in [3.8, 4) is 17.2 Å². The van der Waals surface area contributed by atoms with Crippen LogP contribution in [0.3, 0.4) is 0 Å². The van der Waals surface area contributed by atoms with Gasteiger partial charge in [0.15, 0.2) is 11.6 Å². The Morgan fingerprint density at radius 3 is 2.44 bits per heavy atom. The van der Waals surface area contributed by atoms with Crippen molar-refractivity contribution in [2.45, 2.75) is 6.92 Å². The minimum atomic E-state index is -3.90. The van der Waals surface area contributed by atoms with Crippen molar-refractivity contribution in [2.75, 3.05) is 12.9 Å². The third kappa shape index (κ3) is 5.15. The predicted molar refractivity (Wildman–Crippen MR) is 86.4 cm³/mol. The van der Waals surface area contributed by atoms with Gasteiger partial charge in [-0.15, -0.1) is 0 Å². The lowest BCUT2D eigenvalue weighted by molar-refractivity contribution is 0.0977. The van der Waals surface area contributed by atoms with E-state index in [0.29, 0.717) is 24.5 Å². The third-order valence-electron chi connectivity index (χ3n) is 2.89. The van der Waals surface area contributed by atoms with E-state index in [0.717, 1.165) is 6.26 Å². The first kappa shape index (κ1) is 18.7. The highest BCUT2D eigenvalue weighted by Crippen LogP contribution is 2.29. The van der Waals surface area contributed by atoms with Gasteiger partial charge in [-0.05, 0) is 25.1 Å². The summed E-state index contributed by atoms with van der Waals surface area (Å²) in [5, 5.41) is 0. The average Bonchev–Trinajstić information content (AvgIpc) is 2.49. The number of hydrogen-bond donors (Lipinski definition) is 1. The highest BCUT2D eigenvalue weighted by molar-refractivity contribution is 7.89. The molecule has 0 aliphatic heterocycles. The van der Waals surface area contributed by atoms with Crippen molar-refractivity contribution in [2.24, 2.45) is 0 Å². The van der Waals surface area contributed by atoms with Gasteiger partial charge in [-0.2, -0.15) is 0 Å². The van der Waals surface area contributed by atoms with E-state index in [1.165, 1.54) is 12.1 Å². The zero-order valence-corrected chi connectivity index (χ0v) is 14.2. The van der Waals surface area contributed by atoms with Gasteiger partial charge in [0, 0.05) is 12.1 Å². The molecule has 2 rings (SSSR count). The van der Waals surface area contributed by atoms with Gasteiger partial charge in [0.2, 0.25) is 10.0 Å². The molecule has 0 aliphatic rings. The largest absolute Gasteiger partial charge is 0.494 e. The lowest BCUT2D eigenvalue weighted by Gasteiger charge is -2.11. The van der Waals surface area contributed by atoms with E-state index < -0.39 is 38.9 Å². The molecule has 25 heavy (non-hydrogen) atoms. The Labute approximate surface area is 143 Å². The zero-order valence-electron chi connectivity index (χ0n) is 13.4. The Hall–Kier alpha value is -2.68. The maximum absolute atomic E-state index is 14.1. The average molecular weight is 371 g/mol. The molecule has 0 radical (unpaired) electrons. The van der Waals surface area contributed by atoms with Crippen LogP contribution in [0.15, 0.2) is 36.4 Å². The first-order chi connectivity index (χ1) is 11.7. The van der Waals surface area contributed by atoms with Crippen LogP contribution >= 0.6 is 0 Å². The summed E-state index contributed by atoms with van der Waals surface area (Å²) in [6.45, 7) is 2.22. The minimum absolute atomic E-state index is 0.206. The number of nitrogens with one attached hydrogen (secondary N) is 1. The molecule has 2 aromatic rings. The molecule has 0 aliphatic carbocycles. The molecule has 0 spiro atoms. The number of rotatable bonds is 6. The van der Waals surface area contributed by atoms with Crippen molar-refractivity contribution < 1.29 is 31.5 Å². The van der Waals surface area contributed by atoms with Gasteiger partial charge in [-0.1, -0.05) is 6.07 Å². The number of hydrogen-bond acceptors (Lipinski definition) is 5. The topological polar surface area (TPSA) is 81.7 Å². The second-order valence-corrected chi connectivity index (χ2v) is 6.72. The van der Waals surface area contributed by atoms with E-state index in [-0.39, 0.29) is 5.75 Å². The second kappa shape index (κ2) is 7.47. The van der Waals surface area contributed by atoms with Crippen LogP contribution in [0.1, 0.15) is 17.3 Å². The van der Waals surface area contributed by atoms with Crippen LogP contribution in [0.4, 0.5) is 8.78 Å². The summed E-state index contributed by atoms with van der Waals surface area (Å²) in [4.78, 5) is 11.7. The molecule has 0 saturated carbocycles. The summed E-state index contributed by atoms with van der Waals surface area (Å²) in [7, 11) is -3.90. The minimum Gasteiger partial charge on any atom is -0.494 e. The molecule has 0 aromatic heterocycles. The van der Waals surface area contributed by atoms with Crippen molar-refractivity contribution in [1.29, 1.82) is 0 Å². The highest BCUT2D eigenvalue weighted by atomic mass is 32.2. The van der Waals surface area contributed by atoms with Gasteiger partial charge < -0.3 is 9.47 Å². The zero-order chi connectivity index (χ0) is 18.6. The quantitative estimate of drug-likeness (QED) is 0.844. The first-order valence-corrected chi connectivity index (χ1v) is 9.00. The second-order valence-electron chi connectivity index (χ2n) is 4.98. The number of ether oxygens (including phenoxy) is 2. The van der Waals surface area contributed by atoms with Crippen molar-refractivity contribution in [1.82, 2.24) is 4.72 Å². The van der Waals surface area contributed by atoms with Gasteiger partial charge in [0.1, 0.15) is 17.3 Å². The molecule has 0 bridgehead atoms. The molecule has 6 nitrogen and oxygen atoms in total. The Bertz CT molecular complexity index is 899. The normalized spacial score (nSPS) is 11.0. The molecule has 1 amide bonds. The van der Waals surface area contributed by atoms with E-state index in [4.69, 9.17) is 9.47 Å². The fourth-order valence-corrected chi connectivity index (χ4v) is 2.37. The van der Waals surface area contributed by atoms with Crippen LogP contribution in [0.5, 0.6) is 17.2 Å². The van der Waals surface area contributed by atoms with Crippen molar-refractivity contribution >= 4 is 15.9 Å². The van der Waals surface area contributed by atoms with Gasteiger partial charge >= 0.3 is 0 Å². The summed E-state index contributed by atoms with van der Waals surface area (Å²) in [6.07, 6.45) is 0.724. The summed E-state index contributed by atoms with van der Waals surface area (Å²) in [6, 6.07) is 7.53. The monoisotopic (exact) mass is 371 g/mol. The van der Waals surface area contributed by atoms with Gasteiger partial charge in [0.25, 0.3) is 5.91 Å². The fraction of sp³-hybridized carbons (Fsp3) is 0.188. The van der Waals surface area contributed by atoms with Crippen LogP contribution in [0.2, 0.25) is 0 Å². The van der Waals surface area contributed by atoms with Crippen molar-refractivity contribution in [3.63, 3.8) is 0 Å². The maximum Gasteiger partial charge on any atom is 0.267 e. The molecular formula is C16H15F2NO5S. The summed E-state index contributed by atoms with van der Waals surface area (Å²) in [5.74, 6) is -3.19. The van der Waals surface area contributed by atoms with Crippen molar-refractivity contribution in [3.05, 3.63) is 53.6 Å². The first-order valence-electron chi connectivity index (χ1n) is 7.11. The van der Waals surface area contributed by atoms with E-state index in [1.54, 1.807) is 23.8 Å². The Morgan fingerprint density at radius 2 is 1.80 bits per heavy atom. The Kier molecular flexibility index (Phi) is 5.58. The highest BCUT2D eigenvalue weighted by Gasteiger charge is 2.19. The molecule has 0 atom stereocenters. The van der Waals surface area contributed by atoms with Crippen LogP contribution in [0, 0.1) is 11.6 Å². The Balaban J connectivity index is 2.28. The van der Waals surface area contributed by atoms with Crippen LogP contribution in [0.25, 0.3) is 0 Å². The van der Waals surface area contributed by atoms with E-state index >= 15 is 0 Å². The lowest BCUT2D eigenvalue weighted by atomic mass is 10.2. The van der Waals surface area contributed by atoms with E-state index in [2.05, 4.69) is 0 Å². The molecule has 0 saturated heterocycles. The van der Waals surface area contributed by atoms with Crippen LogP contribution in [-0.4, -0.2) is 27.2 Å². The molecule has 0 unspecified atom stereocenters. The van der Waals surface area contributed by atoms with Gasteiger partial charge in [0.05, 0.1) is 18.4 Å². The number of benzene rings is 2. The molecule has 9 heteroatoms. The van der Waals surface area contributed by atoms with E-state index in [9.17, 15) is 22.0 Å². The van der Waals surface area contributed by atoms with Gasteiger partial charge in [-0.25, -0.2) is 21.9 Å². The molecular weight excluding hydrogens is 356 g/mol.